The molecule has 3 rings (SSSR count). The second-order valence-corrected chi connectivity index (χ2v) is 7.18. The molecule has 0 fully saturated rings. The van der Waals surface area contributed by atoms with Crippen LogP contribution in [-0.4, -0.2) is 24.9 Å². The molecule has 1 heterocycles. The Bertz CT molecular complexity index is 955. The van der Waals surface area contributed by atoms with E-state index in [-0.39, 0.29) is 23.0 Å². The maximum Gasteiger partial charge on any atom is 0.262 e. The summed E-state index contributed by atoms with van der Waals surface area (Å²) in [5, 5.41) is 12.4. The van der Waals surface area contributed by atoms with Crippen molar-refractivity contribution in [3.05, 3.63) is 71.3 Å². The Morgan fingerprint density at radius 2 is 1.79 bits per heavy atom. The van der Waals surface area contributed by atoms with Gasteiger partial charge in [-0.3, -0.25) is 9.59 Å². The zero-order chi connectivity index (χ0) is 20.1. The van der Waals surface area contributed by atoms with Gasteiger partial charge in [0.2, 0.25) is 0 Å². The number of anilines is 1. The van der Waals surface area contributed by atoms with Gasteiger partial charge < -0.3 is 10.2 Å². The molecule has 0 atom stereocenters. The lowest BCUT2D eigenvalue weighted by Gasteiger charge is -2.19. The van der Waals surface area contributed by atoms with Crippen molar-refractivity contribution in [2.75, 3.05) is 18.0 Å². The highest BCUT2D eigenvalue weighted by Gasteiger charge is 2.36. The fourth-order valence-corrected chi connectivity index (χ4v) is 3.34. The van der Waals surface area contributed by atoms with Crippen molar-refractivity contribution in [2.24, 2.45) is 5.92 Å². The smallest absolute Gasteiger partial charge is 0.262 e. The van der Waals surface area contributed by atoms with Gasteiger partial charge in [0.1, 0.15) is 11.6 Å². The number of nitriles is 1. The molecule has 0 bridgehead atoms. The molecule has 2 aromatic carbocycles. The zero-order valence-electron chi connectivity index (χ0n) is 16.1. The van der Waals surface area contributed by atoms with E-state index in [1.807, 2.05) is 68.4 Å². The molecular weight excluding hydrogens is 350 g/mol. The Hall–Kier alpha value is -3.39. The number of fused-ring (bicyclic) bond motifs is 1. The van der Waals surface area contributed by atoms with Gasteiger partial charge in [-0.25, -0.2) is 0 Å². The Labute approximate surface area is 165 Å². The molecule has 5 nitrogen and oxygen atoms in total. The molecule has 0 saturated carbocycles. The molecule has 0 aromatic heterocycles. The topological polar surface area (TPSA) is 73.2 Å². The quantitative estimate of drug-likeness (QED) is 0.623. The first kappa shape index (κ1) is 19.4. The summed E-state index contributed by atoms with van der Waals surface area (Å²) in [6, 6.07) is 19.1. The van der Waals surface area contributed by atoms with Gasteiger partial charge in [0.25, 0.3) is 11.8 Å². The number of nitrogens with one attached hydrogen (secondary N) is 1. The minimum absolute atomic E-state index is 0.128. The van der Waals surface area contributed by atoms with Crippen molar-refractivity contribution in [3.8, 4) is 6.07 Å². The predicted molar refractivity (Wildman–Crippen MR) is 109 cm³/mol. The van der Waals surface area contributed by atoms with Gasteiger partial charge >= 0.3 is 0 Å². The second-order valence-electron chi connectivity index (χ2n) is 7.18. The minimum Gasteiger partial charge on any atom is -0.351 e. The molecule has 2 amide bonds. The van der Waals surface area contributed by atoms with Crippen molar-refractivity contribution < 1.29 is 9.59 Å². The van der Waals surface area contributed by atoms with Crippen LogP contribution in [0, 0.1) is 17.2 Å². The van der Waals surface area contributed by atoms with E-state index in [1.165, 1.54) is 0 Å². The highest BCUT2D eigenvalue weighted by atomic mass is 16.2. The Morgan fingerprint density at radius 1 is 1.11 bits per heavy atom. The van der Waals surface area contributed by atoms with Crippen LogP contribution in [0.25, 0.3) is 5.57 Å². The number of hydrogen-bond donors (Lipinski definition) is 1. The lowest BCUT2D eigenvalue weighted by molar-refractivity contribution is -0.117. The third kappa shape index (κ3) is 3.96. The van der Waals surface area contributed by atoms with E-state index in [0.717, 1.165) is 11.3 Å². The summed E-state index contributed by atoms with van der Waals surface area (Å²) >= 11 is 0. The summed E-state index contributed by atoms with van der Waals surface area (Å²) in [5.41, 5.74) is 2.55. The average Bonchev–Trinajstić information content (AvgIpc) is 2.95. The molecule has 2 aromatic rings. The fourth-order valence-electron chi connectivity index (χ4n) is 3.34. The van der Waals surface area contributed by atoms with Gasteiger partial charge in [-0.05, 0) is 24.0 Å². The molecule has 1 aliphatic rings. The molecule has 0 aliphatic carbocycles. The molecule has 1 aliphatic heterocycles. The molecule has 0 unspecified atom stereocenters. The van der Waals surface area contributed by atoms with Crippen LogP contribution in [0.3, 0.4) is 0 Å². The van der Waals surface area contributed by atoms with Crippen LogP contribution < -0.4 is 10.2 Å². The average molecular weight is 373 g/mol. The molecule has 0 saturated heterocycles. The van der Waals surface area contributed by atoms with Crippen molar-refractivity contribution in [3.63, 3.8) is 0 Å². The van der Waals surface area contributed by atoms with Crippen LogP contribution in [-0.2, 0) is 16.0 Å². The highest BCUT2D eigenvalue weighted by molar-refractivity contribution is 6.37. The van der Waals surface area contributed by atoms with Gasteiger partial charge in [0.05, 0.1) is 11.3 Å². The largest absolute Gasteiger partial charge is 0.351 e. The Morgan fingerprint density at radius 3 is 2.46 bits per heavy atom. The number of hydrogen-bond acceptors (Lipinski definition) is 3. The van der Waals surface area contributed by atoms with E-state index in [4.69, 9.17) is 0 Å². The SMILES string of the molecule is CC(C)CN1C(=O)C(=C(C#N)C(=O)NCCc2ccccc2)c2ccccc21. The first-order chi connectivity index (χ1) is 13.5. The summed E-state index contributed by atoms with van der Waals surface area (Å²) in [4.78, 5) is 27.4. The zero-order valence-corrected chi connectivity index (χ0v) is 16.1. The van der Waals surface area contributed by atoms with Crippen LogP contribution in [0.1, 0.15) is 25.0 Å². The highest BCUT2D eigenvalue weighted by Crippen LogP contribution is 2.38. The molecule has 0 spiro atoms. The number of benzene rings is 2. The van der Waals surface area contributed by atoms with E-state index in [0.29, 0.717) is 25.1 Å². The first-order valence-electron chi connectivity index (χ1n) is 9.40. The number of amides is 2. The number of para-hydroxylation sites is 1. The third-order valence-electron chi connectivity index (χ3n) is 4.60. The van der Waals surface area contributed by atoms with Crippen molar-refractivity contribution in [1.82, 2.24) is 5.32 Å². The number of nitrogens with zero attached hydrogens (tertiary/aromatic N) is 2. The van der Waals surface area contributed by atoms with Crippen LogP contribution in [0.15, 0.2) is 60.2 Å². The van der Waals surface area contributed by atoms with Crippen LogP contribution in [0.2, 0.25) is 0 Å². The number of rotatable bonds is 6. The van der Waals surface area contributed by atoms with Gasteiger partial charge in [0, 0.05) is 18.7 Å². The van der Waals surface area contributed by atoms with Crippen LogP contribution in [0.4, 0.5) is 5.69 Å². The molecule has 142 valence electrons. The molecule has 0 radical (unpaired) electrons. The van der Waals surface area contributed by atoms with Gasteiger partial charge in [-0.1, -0.05) is 62.4 Å². The number of carbonyl (C=O) groups is 2. The van der Waals surface area contributed by atoms with Crippen LogP contribution in [0.5, 0.6) is 0 Å². The van der Waals surface area contributed by atoms with E-state index in [1.54, 1.807) is 11.0 Å². The molecule has 5 heteroatoms. The summed E-state index contributed by atoms with van der Waals surface area (Å²) in [5.74, 6) is -0.533. The maximum absolute atomic E-state index is 13.0. The predicted octanol–water partition coefficient (Wildman–Crippen LogP) is 3.33. The summed E-state index contributed by atoms with van der Waals surface area (Å²) < 4.78 is 0. The third-order valence-corrected chi connectivity index (χ3v) is 4.60. The van der Waals surface area contributed by atoms with Gasteiger partial charge in [0.15, 0.2) is 0 Å². The standard InChI is InChI=1S/C23H23N3O2/c1-16(2)15-26-20-11-7-6-10-18(20)21(23(26)28)19(14-24)22(27)25-13-12-17-8-4-3-5-9-17/h3-11,16H,12-13,15H2,1-2H3,(H,25,27). The van der Waals surface area contributed by atoms with E-state index < -0.39 is 5.91 Å². The summed E-state index contributed by atoms with van der Waals surface area (Å²) in [7, 11) is 0. The second kappa shape index (κ2) is 8.53. The minimum atomic E-state index is -0.511. The molecule has 1 N–H and O–H groups in total. The van der Waals surface area contributed by atoms with Crippen molar-refractivity contribution in [1.29, 1.82) is 5.26 Å². The molecule has 28 heavy (non-hydrogen) atoms. The van der Waals surface area contributed by atoms with E-state index in [9.17, 15) is 14.9 Å². The Balaban J connectivity index is 1.85. The summed E-state index contributed by atoms with van der Waals surface area (Å²) in [6.45, 7) is 4.98. The van der Waals surface area contributed by atoms with Gasteiger partial charge in [-0.2, -0.15) is 5.26 Å². The lowest BCUT2D eigenvalue weighted by Crippen LogP contribution is -2.32. The normalized spacial score (nSPS) is 14.6. The first-order valence-corrected chi connectivity index (χ1v) is 9.40. The van der Waals surface area contributed by atoms with Crippen LogP contribution >= 0.6 is 0 Å². The van der Waals surface area contributed by atoms with E-state index >= 15 is 0 Å². The van der Waals surface area contributed by atoms with Crippen molar-refractivity contribution >= 4 is 23.1 Å². The summed E-state index contributed by atoms with van der Waals surface area (Å²) in [6.07, 6.45) is 0.657. The van der Waals surface area contributed by atoms with E-state index in [2.05, 4.69) is 5.32 Å². The fraction of sp³-hybridized carbons (Fsp3) is 0.261. The van der Waals surface area contributed by atoms with Crippen molar-refractivity contribution in [2.45, 2.75) is 20.3 Å². The Kier molecular flexibility index (Phi) is 5.90. The molecular formula is C23H23N3O2. The van der Waals surface area contributed by atoms with Gasteiger partial charge in [-0.15, -0.1) is 0 Å². The maximum atomic E-state index is 13.0. The lowest BCUT2D eigenvalue weighted by atomic mass is 10.0. The number of carbonyl (C=O) groups excluding carboxylic acids is 2. The monoisotopic (exact) mass is 373 g/mol.